The van der Waals surface area contributed by atoms with Gasteiger partial charge in [-0.3, -0.25) is 4.79 Å². The van der Waals surface area contributed by atoms with Crippen LogP contribution in [0, 0.1) is 0 Å². The first kappa shape index (κ1) is 16.4. The molecule has 0 unspecified atom stereocenters. The minimum absolute atomic E-state index is 0.290. The van der Waals surface area contributed by atoms with Gasteiger partial charge in [0, 0.05) is 5.56 Å². The third-order valence-electron chi connectivity index (χ3n) is 2.23. The van der Waals surface area contributed by atoms with Gasteiger partial charge >= 0.3 is 12.3 Å². The Kier molecular flexibility index (Phi) is 4.71. The minimum atomic E-state index is -4.37. The summed E-state index contributed by atoms with van der Waals surface area (Å²) in [5.41, 5.74) is -0.290. The highest BCUT2D eigenvalue weighted by Gasteiger charge is 2.40. The van der Waals surface area contributed by atoms with Crippen molar-refractivity contribution in [2.45, 2.75) is 17.2 Å². The lowest BCUT2D eigenvalue weighted by atomic mass is 10.2. The van der Waals surface area contributed by atoms with Crippen molar-refractivity contribution < 1.29 is 30.8 Å². The number of carbonyl (C=O) groups is 1. The fourth-order valence-electron chi connectivity index (χ4n) is 1.19. The summed E-state index contributed by atoms with van der Waals surface area (Å²) >= 11 is 0. The molecule has 0 spiro atoms. The van der Waals surface area contributed by atoms with E-state index in [-0.39, 0.29) is 5.56 Å². The number of hydrogen-bond acceptors (Lipinski definition) is 3. The molecule has 0 heterocycles. The van der Waals surface area contributed by atoms with Gasteiger partial charge in [-0.05, 0) is 18.2 Å². The summed E-state index contributed by atoms with van der Waals surface area (Å²) in [6.07, 6.45) is -3.92. The lowest BCUT2D eigenvalue weighted by Gasteiger charge is -2.15. The molecule has 0 saturated heterocycles. The number of benzene rings is 1. The summed E-state index contributed by atoms with van der Waals surface area (Å²) in [6, 6.07) is 4.25. The van der Waals surface area contributed by atoms with E-state index in [9.17, 15) is 30.8 Å². The summed E-state index contributed by atoms with van der Waals surface area (Å²) in [4.78, 5) is 11.1. The number of carbonyl (C=O) groups excluding carboxylic acids is 1. The molecule has 20 heavy (non-hydrogen) atoms. The van der Waals surface area contributed by atoms with Crippen LogP contribution in [0.25, 0.3) is 0 Å². The molecule has 3 N–H and O–H groups in total. The molecule has 112 valence electrons. The summed E-state index contributed by atoms with van der Waals surface area (Å²) in [5.74, 6) is -5.48. The molecular formula is C10H10F4N2O3S. The monoisotopic (exact) mass is 314 g/mol. The molecule has 0 saturated carbocycles. The zero-order chi connectivity index (χ0) is 15.6. The van der Waals surface area contributed by atoms with Gasteiger partial charge in [0.05, 0.1) is 11.4 Å². The van der Waals surface area contributed by atoms with Crippen LogP contribution < -0.4 is 10.5 Å². The zero-order valence-electron chi connectivity index (χ0n) is 9.82. The molecule has 0 aliphatic rings. The van der Waals surface area contributed by atoms with Crippen molar-refractivity contribution in [3.8, 4) is 0 Å². The van der Waals surface area contributed by atoms with Crippen molar-refractivity contribution >= 4 is 15.9 Å². The molecule has 1 aromatic rings. The summed E-state index contributed by atoms with van der Waals surface area (Å²) in [6.45, 7) is -1.57. The number of nitrogens with one attached hydrogen (secondary N) is 1. The van der Waals surface area contributed by atoms with E-state index in [4.69, 9.17) is 5.14 Å². The third-order valence-corrected chi connectivity index (χ3v) is 3.14. The van der Waals surface area contributed by atoms with Gasteiger partial charge in [0.15, 0.2) is 0 Å². The molecule has 0 radical (unpaired) electrons. The van der Waals surface area contributed by atoms with E-state index in [0.29, 0.717) is 0 Å². The minimum Gasteiger partial charge on any atom is -0.346 e. The highest BCUT2D eigenvalue weighted by molar-refractivity contribution is 7.89. The Morgan fingerprint density at radius 2 is 1.95 bits per heavy atom. The van der Waals surface area contributed by atoms with Crippen LogP contribution in [0.3, 0.4) is 0 Å². The molecule has 0 fully saturated rings. The van der Waals surface area contributed by atoms with Crippen molar-refractivity contribution in [1.82, 2.24) is 5.32 Å². The predicted octanol–water partition coefficient (Wildman–Crippen LogP) is 0.964. The average Bonchev–Trinajstić information content (AvgIpc) is 2.35. The number of amides is 1. The Labute approximate surface area is 111 Å². The molecule has 1 aromatic carbocycles. The maximum Gasteiger partial charge on any atom is 0.324 e. The number of sulfonamides is 1. The quantitative estimate of drug-likeness (QED) is 0.794. The molecule has 1 amide bonds. The van der Waals surface area contributed by atoms with E-state index in [1.165, 1.54) is 6.07 Å². The molecule has 5 nitrogen and oxygen atoms in total. The van der Waals surface area contributed by atoms with E-state index in [0.717, 1.165) is 18.2 Å². The van der Waals surface area contributed by atoms with Crippen molar-refractivity contribution in [3.63, 3.8) is 0 Å². The first-order chi connectivity index (χ1) is 9.04. The molecular weight excluding hydrogens is 304 g/mol. The van der Waals surface area contributed by atoms with Crippen molar-refractivity contribution in [3.05, 3.63) is 29.8 Å². The SMILES string of the molecule is NS(=O)(=O)c1cccc(C(=O)NCC(F)(F)C(F)F)c1. The molecule has 0 bridgehead atoms. The van der Waals surface area contributed by atoms with Crippen LogP contribution in [0.15, 0.2) is 29.2 Å². The number of nitrogens with two attached hydrogens (primary N) is 1. The van der Waals surface area contributed by atoms with E-state index >= 15 is 0 Å². The number of alkyl halides is 4. The molecule has 0 aliphatic heterocycles. The van der Waals surface area contributed by atoms with Crippen LogP contribution in [0.2, 0.25) is 0 Å². The van der Waals surface area contributed by atoms with Crippen LogP contribution in [0.4, 0.5) is 17.6 Å². The maximum absolute atomic E-state index is 12.6. The Morgan fingerprint density at radius 1 is 1.35 bits per heavy atom. The van der Waals surface area contributed by atoms with E-state index in [1.54, 1.807) is 5.32 Å². The van der Waals surface area contributed by atoms with E-state index < -0.39 is 39.7 Å². The lowest BCUT2D eigenvalue weighted by molar-refractivity contribution is -0.123. The lowest BCUT2D eigenvalue weighted by Crippen LogP contribution is -2.41. The van der Waals surface area contributed by atoms with Gasteiger partial charge in [-0.1, -0.05) is 6.07 Å². The number of hydrogen-bond donors (Lipinski definition) is 2. The van der Waals surface area contributed by atoms with Crippen LogP contribution in [-0.2, 0) is 10.0 Å². The standard InChI is InChI=1S/C10H10F4N2O3S/c11-9(12)10(13,14)5-16-8(17)6-2-1-3-7(4-6)20(15,18)19/h1-4,9H,5H2,(H,16,17)(H2,15,18,19). The summed E-state index contributed by atoms with van der Waals surface area (Å²) in [5, 5.41) is 6.42. The third kappa shape index (κ3) is 4.17. The van der Waals surface area contributed by atoms with Crippen LogP contribution in [-0.4, -0.2) is 33.2 Å². The topological polar surface area (TPSA) is 89.3 Å². The van der Waals surface area contributed by atoms with Gasteiger partial charge in [-0.2, -0.15) is 8.78 Å². The highest BCUT2D eigenvalue weighted by atomic mass is 32.2. The second kappa shape index (κ2) is 5.75. The number of primary sulfonamides is 1. The smallest absolute Gasteiger partial charge is 0.324 e. The molecule has 0 aromatic heterocycles. The van der Waals surface area contributed by atoms with Gasteiger partial charge in [0.25, 0.3) is 5.91 Å². The largest absolute Gasteiger partial charge is 0.346 e. The van der Waals surface area contributed by atoms with E-state index in [1.807, 2.05) is 0 Å². The first-order valence-electron chi connectivity index (χ1n) is 5.11. The normalized spacial score (nSPS) is 12.5. The maximum atomic E-state index is 12.6. The van der Waals surface area contributed by atoms with Gasteiger partial charge in [-0.25, -0.2) is 22.3 Å². The molecule has 1 rings (SSSR count). The number of halogens is 4. The van der Waals surface area contributed by atoms with Crippen LogP contribution in [0.1, 0.15) is 10.4 Å². The Balaban J connectivity index is 2.84. The predicted molar refractivity (Wildman–Crippen MR) is 61.1 cm³/mol. The Morgan fingerprint density at radius 3 is 2.45 bits per heavy atom. The fraction of sp³-hybridized carbons (Fsp3) is 0.300. The van der Waals surface area contributed by atoms with Gasteiger partial charge in [-0.15, -0.1) is 0 Å². The van der Waals surface area contributed by atoms with Gasteiger partial charge in [0.1, 0.15) is 0 Å². The first-order valence-corrected chi connectivity index (χ1v) is 6.66. The fourth-order valence-corrected chi connectivity index (χ4v) is 1.75. The van der Waals surface area contributed by atoms with Crippen molar-refractivity contribution in [2.24, 2.45) is 5.14 Å². The Bertz CT molecular complexity index is 604. The van der Waals surface area contributed by atoms with Crippen molar-refractivity contribution in [2.75, 3.05) is 6.54 Å². The van der Waals surface area contributed by atoms with Gasteiger partial charge < -0.3 is 5.32 Å². The van der Waals surface area contributed by atoms with Crippen molar-refractivity contribution in [1.29, 1.82) is 0 Å². The van der Waals surface area contributed by atoms with Gasteiger partial charge in [0.2, 0.25) is 10.0 Å². The summed E-state index contributed by atoms with van der Waals surface area (Å²) < 4.78 is 71.1. The van der Waals surface area contributed by atoms with Crippen LogP contribution in [0.5, 0.6) is 0 Å². The molecule has 0 aliphatic carbocycles. The molecule has 0 atom stereocenters. The van der Waals surface area contributed by atoms with Crippen LogP contribution >= 0.6 is 0 Å². The Hall–Kier alpha value is -1.68. The molecule has 10 heteroatoms. The second-order valence-electron chi connectivity index (χ2n) is 3.82. The summed E-state index contributed by atoms with van der Waals surface area (Å²) in [7, 11) is -4.06. The zero-order valence-corrected chi connectivity index (χ0v) is 10.6. The average molecular weight is 314 g/mol. The highest BCUT2D eigenvalue weighted by Crippen LogP contribution is 2.21. The number of rotatable bonds is 5. The second-order valence-corrected chi connectivity index (χ2v) is 5.38. The van der Waals surface area contributed by atoms with E-state index in [2.05, 4.69) is 0 Å².